The van der Waals surface area contributed by atoms with E-state index in [2.05, 4.69) is 13.8 Å². The number of unbranched alkanes of at least 4 members (excludes halogenated alkanes) is 17. The summed E-state index contributed by atoms with van der Waals surface area (Å²) in [6.07, 6.45) is 27.8. The van der Waals surface area contributed by atoms with E-state index in [4.69, 9.17) is 4.74 Å². The third-order valence-corrected chi connectivity index (χ3v) is 5.37. The Hall–Kier alpha value is -0.0400. The Bertz CT molecular complexity index is 214. The Labute approximate surface area is 154 Å². The van der Waals surface area contributed by atoms with Crippen molar-refractivity contribution >= 4 is 0 Å². The minimum atomic E-state index is 0.450. The summed E-state index contributed by atoms with van der Waals surface area (Å²) in [5.74, 6) is 0. The molecule has 0 bridgehead atoms. The molecule has 0 aromatic heterocycles. The summed E-state index contributed by atoms with van der Waals surface area (Å²) in [6.45, 7) is 4.47. The summed E-state index contributed by atoms with van der Waals surface area (Å²) in [5.41, 5.74) is 0. The number of hydrogen-bond acceptors (Lipinski definition) is 1. The molecule has 0 aliphatic rings. The quantitative estimate of drug-likeness (QED) is 0.202. The lowest BCUT2D eigenvalue weighted by atomic mass is 10.0. The van der Waals surface area contributed by atoms with Crippen LogP contribution >= 0.6 is 0 Å². The van der Waals surface area contributed by atoms with Gasteiger partial charge in [0.25, 0.3) is 0 Å². The lowest BCUT2D eigenvalue weighted by Gasteiger charge is -2.08. The molecule has 1 atom stereocenters. The van der Waals surface area contributed by atoms with Crippen molar-refractivity contribution in [3.63, 3.8) is 0 Å². The van der Waals surface area contributed by atoms with Crippen LogP contribution in [-0.2, 0) is 4.74 Å². The fourth-order valence-electron chi connectivity index (χ4n) is 3.45. The Balaban J connectivity index is 2.98. The SMILES string of the molecule is CCCCCCCCCCCCCCCCCCCCC(C)OC. The van der Waals surface area contributed by atoms with E-state index in [9.17, 15) is 0 Å². The van der Waals surface area contributed by atoms with Crippen molar-refractivity contribution in [3.05, 3.63) is 0 Å². The Morgan fingerprint density at radius 3 is 1.08 bits per heavy atom. The molecule has 0 saturated carbocycles. The smallest absolute Gasteiger partial charge is 0.0543 e. The van der Waals surface area contributed by atoms with Gasteiger partial charge < -0.3 is 4.74 Å². The number of rotatable bonds is 20. The Kier molecular flexibility index (Phi) is 21.0. The van der Waals surface area contributed by atoms with Gasteiger partial charge >= 0.3 is 0 Å². The van der Waals surface area contributed by atoms with Crippen molar-refractivity contribution in [3.8, 4) is 0 Å². The van der Waals surface area contributed by atoms with Gasteiger partial charge in [-0.05, 0) is 13.3 Å². The maximum atomic E-state index is 5.28. The average molecular weight is 341 g/mol. The van der Waals surface area contributed by atoms with Gasteiger partial charge in [-0.15, -0.1) is 0 Å². The van der Waals surface area contributed by atoms with Gasteiger partial charge in [-0.1, -0.05) is 122 Å². The topological polar surface area (TPSA) is 9.23 Å². The van der Waals surface area contributed by atoms with Gasteiger partial charge in [-0.3, -0.25) is 0 Å². The van der Waals surface area contributed by atoms with Gasteiger partial charge in [0, 0.05) is 7.11 Å². The van der Waals surface area contributed by atoms with Crippen molar-refractivity contribution in [1.82, 2.24) is 0 Å². The number of ether oxygens (including phenoxy) is 1. The highest BCUT2D eigenvalue weighted by Gasteiger charge is 1.98. The molecule has 0 amide bonds. The molecule has 24 heavy (non-hydrogen) atoms. The van der Waals surface area contributed by atoms with Crippen LogP contribution in [0.3, 0.4) is 0 Å². The van der Waals surface area contributed by atoms with Crippen LogP contribution in [0.15, 0.2) is 0 Å². The fraction of sp³-hybridized carbons (Fsp3) is 1.00. The van der Waals surface area contributed by atoms with E-state index >= 15 is 0 Å². The molecule has 0 spiro atoms. The molecule has 1 heteroatoms. The lowest BCUT2D eigenvalue weighted by Crippen LogP contribution is -2.03. The zero-order chi connectivity index (χ0) is 17.7. The van der Waals surface area contributed by atoms with E-state index in [0.29, 0.717) is 6.10 Å². The van der Waals surface area contributed by atoms with Gasteiger partial charge in [-0.25, -0.2) is 0 Å². The average Bonchev–Trinajstić information content (AvgIpc) is 2.60. The van der Waals surface area contributed by atoms with Gasteiger partial charge in [0.1, 0.15) is 0 Å². The minimum Gasteiger partial charge on any atom is -0.382 e. The third kappa shape index (κ3) is 20.0. The van der Waals surface area contributed by atoms with E-state index in [-0.39, 0.29) is 0 Å². The molecule has 0 aliphatic carbocycles. The highest BCUT2D eigenvalue weighted by atomic mass is 16.5. The third-order valence-electron chi connectivity index (χ3n) is 5.37. The summed E-state index contributed by atoms with van der Waals surface area (Å²) >= 11 is 0. The van der Waals surface area contributed by atoms with E-state index in [1.54, 1.807) is 0 Å². The van der Waals surface area contributed by atoms with Crippen LogP contribution in [0.1, 0.15) is 136 Å². The largest absolute Gasteiger partial charge is 0.382 e. The predicted octanol–water partition coefficient (Wildman–Crippen LogP) is 8.45. The van der Waals surface area contributed by atoms with Gasteiger partial charge in [-0.2, -0.15) is 0 Å². The van der Waals surface area contributed by atoms with Gasteiger partial charge in [0.2, 0.25) is 0 Å². The first kappa shape index (κ1) is 24.0. The van der Waals surface area contributed by atoms with Crippen LogP contribution in [-0.4, -0.2) is 13.2 Å². The Morgan fingerprint density at radius 1 is 0.500 bits per heavy atom. The van der Waals surface area contributed by atoms with Crippen LogP contribution in [0.25, 0.3) is 0 Å². The summed E-state index contributed by atoms with van der Waals surface area (Å²) in [7, 11) is 1.82. The van der Waals surface area contributed by atoms with Crippen molar-refractivity contribution in [2.45, 2.75) is 142 Å². The normalized spacial score (nSPS) is 12.6. The van der Waals surface area contributed by atoms with Crippen LogP contribution in [0.2, 0.25) is 0 Å². The minimum absolute atomic E-state index is 0.450. The molecule has 0 N–H and O–H groups in total. The van der Waals surface area contributed by atoms with Crippen molar-refractivity contribution in [2.75, 3.05) is 7.11 Å². The highest BCUT2D eigenvalue weighted by Crippen LogP contribution is 2.14. The summed E-state index contributed by atoms with van der Waals surface area (Å²) < 4.78 is 5.28. The van der Waals surface area contributed by atoms with Gasteiger partial charge in [0.15, 0.2) is 0 Å². The molecule has 0 fully saturated rings. The van der Waals surface area contributed by atoms with Crippen LogP contribution < -0.4 is 0 Å². The summed E-state index contributed by atoms with van der Waals surface area (Å²) in [4.78, 5) is 0. The first-order valence-electron chi connectivity index (χ1n) is 11.3. The van der Waals surface area contributed by atoms with E-state index in [1.165, 1.54) is 122 Å². The molecule has 0 radical (unpaired) electrons. The monoisotopic (exact) mass is 340 g/mol. The van der Waals surface area contributed by atoms with Crippen LogP contribution in [0.5, 0.6) is 0 Å². The van der Waals surface area contributed by atoms with Crippen molar-refractivity contribution in [1.29, 1.82) is 0 Å². The first-order valence-corrected chi connectivity index (χ1v) is 11.3. The maximum absolute atomic E-state index is 5.28. The second-order valence-electron chi connectivity index (χ2n) is 7.85. The molecule has 0 aliphatic heterocycles. The molecular formula is C23H48O. The van der Waals surface area contributed by atoms with Crippen LogP contribution in [0.4, 0.5) is 0 Å². The van der Waals surface area contributed by atoms with E-state index in [1.807, 2.05) is 7.11 Å². The van der Waals surface area contributed by atoms with Crippen LogP contribution in [0, 0.1) is 0 Å². The number of methoxy groups -OCH3 is 1. The zero-order valence-corrected chi connectivity index (χ0v) is 17.4. The van der Waals surface area contributed by atoms with E-state index in [0.717, 1.165) is 0 Å². The van der Waals surface area contributed by atoms with Gasteiger partial charge in [0.05, 0.1) is 6.10 Å². The van der Waals surface area contributed by atoms with Crippen molar-refractivity contribution < 1.29 is 4.74 Å². The lowest BCUT2D eigenvalue weighted by molar-refractivity contribution is 0.108. The molecule has 1 unspecified atom stereocenters. The molecule has 0 aromatic carbocycles. The fourth-order valence-corrected chi connectivity index (χ4v) is 3.45. The predicted molar refractivity (Wildman–Crippen MR) is 110 cm³/mol. The first-order chi connectivity index (χ1) is 11.8. The summed E-state index contributed by atoms with van der Waals surface area (Å²) in [5, 5.41) is 0. The molecule has 0 rings (SSSR count). The Morgan fingerprint density at radius 2 is 0.792 bits per heavy atom. The standard InChI is InChI=1S/C23H48O/c1-4-5-6-7-8-9-10-11-12-13-14-15-16-17-18-19-20-21-22-23(2)24-3/h23H,4-22H2,1-3H3. The molecule has 1 nitrogen and oxygen atoms in total. The molecule has 0 aromatic rings. The molecule has 0 saturated heterocycles. The maximum Gasteiger partial charge on any atom is 0.0543 e. The second-order valence-corrected chi connectivity index (χ2v) is 7.85. The summed E-state index contributed by atoms with van der Waals surface area (Å²) in [6, 6.07) is 0. The molecular weight excluding hydrogens is 292 g/mol. The zero-order valence-electron chi connectivity index (χ0n) is 17.4. The van der Waals surface area contributed by atoms with E-state index < -0.39 is 0 Å². The second kappa shape index (κ2) is 21.0. The molecule has 146 valence electrons. The highest BCUT2D eigenvalue weighted by molar-refractivity contribution is 4.52. The van der Waals surface area contributed by atoms with Crippen molar-refractivity contribution in [2.24, 2.45) is 0 Å². The number of hydrogen-bond donors (Lipinski definition) is 0. The molecule has 0 heterocycles.